The van der Waals surface area contributed by atoms with E-state index in [4.69, 9.17) is 9.73 Å². The van der Waals surface area contributed by atoms with E-state index in [9.17, 15) is 0 Å². The van der Waals surface area contributed by atoms with Gasteiger partial charge in [-0.05, 0) is 55.3 Å². The molecule has 0 spiro atoms. The van der Waals surface area contributed by atoms with Crippen LogP contribution in [-0.4, -0.2) is 40.4 Å². The molecule has 0 aliphatic carbocycles. The number of rotatable bonds is 11. The van der Waals surface area contributed by atoms with Crippen LogP contribution in [-0.2, 0) is 26.4 Å². The minimum Gasteiger partial charge on any atom is -0.494 e. The number of nitrogens with one attached hydrogen (secondary N) is 2. The van der Waals surface area contributed by atoms with Gasteiger partial charge >= 0.3 is 0 Å². The third kappa shape index (κ3) is 7.40. The number of aliphatic imine (C=N–C) groups is 1. The lowest BCUT2D eigenvalue weighted by atomic mass is 10.1. The molecule has 0 saturated carbocycles. The smallest absolute Gasteiger partial charge is 0.191 e. The first-order chi connectivity index (χ1) is 15.2. The lowest BCUT2D eigenvalue weighted by molar-refractivity contribution is 0.317. The number of benzene rings is 1. The van der Waals surface area contributed by atoms with E-state index >= 15 is 0 Å². The Morgan fingerprint density at radius 1 is 1.13 bits per heavy atom. The van der Waals surface area contributed by atoms with E-state index in [0.29, 0.717) is 6.54 Å². The average Bonchev–Trinajstić information content (AvgIpc) is 3.41. The Kier molecular flexibility index (Phi) is 8.90. The van der Waals surface area contributed by atoms with Crippen molar-refractivity contribution in [3.05, 3.63) is 63.9 Å². The average molecular weight is 441 g/mol. The molecule has 2 N–H and O–H groups in total. The maximum absolute atomic E-state index is 5.74. The maximum atomic E-state index is 5.74. The van der Waals surface area contributed by atoms with Crippen LogP contribution in [0.1, 0.15) is 35.4 Å². The van der Waals surface area contributed by atoms with Crippen LogP contribution in [0.3, 0.4) is 0 Å². The molecule has 31 heavy (non-hydrogen) atoms. The highest BCUT2D eigenvalue weighted by Gasteiger charge is 2.06. The van der Waals surface area contributed by atoms with Crippen molar-refractivity contribution in [2.45, 2.75) is 39.7 Å². The van der Waals surface area contributed by atoms with Gasteiger partial charge < -0.3 is 19.9 Å². The van der Waals surface area contributed by atoms with E-state index in [1.165, 1.54) is 10.4 Å². The predicted molar refractivity (Wildman–Crippen MR) is 127 cm³/mol. The maximum Gasteiger partial charge on any atom is 0.191 e. The Morgan fingerprint density at radius 3 is 2.68 bits per heavy atom. The van der Waals surface area contributed by atoms with Crippen LogP contribution in [0, 0.1) is 6.92 Å². The quantitative estimate of drug-likeness (QED) is 0.353. The molecule has 3 rings (SSSR count). The predicted octanol–water partition coefficient (Wildman–Crippen LogP) is 3.49. The van der Waals surface area contributed by atoms with Gasteiger partial charge in [0.15, 0.2) is 11.8 Å². The van der Waals surface area contributed by atoms with Gasteiger partial charge in [0.25, 0.3) is 0 Å². The van der Waals surface area contributed by atoms with Crippen LogP contribution in [0.2, 0.25) is 0 Å². The highest BCUT2D eigenvalue weighted by molar-refractivity contribution is 7.09. The van der Waals surface area contributed by atoms with Gasteiger partial charge in [-0.15, -0.1) is 21.5 Å². The fourth-order valence-electron chi connectivity index (χ4n) is 3.01. The van der Waals surface area contributed by atoms with Crippen molar-refractivity contribution in [1.29, 1.82) is 0 Å². The Balaban J connectivity index is 1.56. The van der Waals surface area contributed by atoms with Crippen molar-refractivity contribution in [2.75, 3.05) is 19.7 Å². The lowest BCUT2D eigenvalue weighted by Gasteiger charge is -2.13. The third-order valence-electron chi connectivity index (χ3n) is 4.88. The zero-order valence-electron chi connectivity index (χ0n) is 18.6. The van der Waals surface area contributed by atoms with E-state index in [2.05, 4.69) is 57.4 Å². The van der Waals surface area contributed by atoms with Crippen molar-refractivity contribution in [3.63, 3.8) is 0 Å². The molecular formula is C23H32N6OS. The zero-order chi connectivity index (χ0) is 21.9. The monoisotopic (exact) mass is 440 g/mol. The largest absolute Gasteiger partial charge is 0.494 e. The molecule has 0 saturated heterocycles. The highest BCUT2D eigenvalue weighted by atomic mass is 32.1. The van der Waals surface area contributed by atoms with Crippen LogP contribution in [0.5, 0.6) is 5.75 Å². The van der Waals surface area contributed by atoms with Crippen LogP contribution in [0.15, 0.2) is 46.8 Å². The van der Waals surface area contributed by atoms with Gasteiger partial charge in [0.1, 0.15) is 18.1 Å². The normalized spacial score (nSPS) is 11.5. The van der Waals surface area contributed by atoms with E-state index in [1.54, 1.807) is 11.3 Å². The molecule has 166 valence electrons. The Labute approximate surface area is 188 Å². The molecule has 1 aromatic carbocycles. The van der Waals surface area contributed by atoms with Crippen LogP contribution in [0.4, 0.5) is 0 Å². The summed E-state index contributed by atoms with van der Waals surface area (Å²) in [6, 6.07) is 12.5. The second kappa shape index (κ2) is 12.1. The van der Waals surface area contributed by atoms with Crippen molar-refractivity contribution >= 4 is 17.3 Å². The molecule has 0 radical (unpaired) electrons. The Bertz CT molecular complexity index is 951. The van der Waals surface area contributed by atoms with E-state index in [0.717, 1.165) is 62.3 Å². The molecule has 0 fully saturated rings. The fourth-order valence-corrected chi connectivity index (χ4v) is 3.72. The van der Waals surface area contributed by atoms with Gasteiger partial charge in [-0.3, -0.25) is 0 Å². The number of nitrogens with zero attached hydrogens (tertiary/aromatic N) is 4. The minimum atomic E-state index is 0.478. The van der Waals surface area contributed by atoms with Gasteiger partial charge in [0.2, 0.25) is 0 Å². The number of hydrogen-bond donors (Lipinski definition) is 2. The van der Waals surface area contributed by atoms with Gasteiger partial charge in [-0.2, -0.15) is 0 Å². The molecule has 0 atom stereocenters. The topological polar surface area (TPSA) is 76.4 Å². The van der Waals surface area contributed by atoms with Crippen molar-refractivity contribution in [2.24, 2.45) is 12.0 Å². The number of guanidine groups is 1. The van der Waals surface area contributed by atoms with E-state index in [-0.39, 0.29) is 0 Å². The van der Waals surface area contributed by atoms with Crippen LogP contribution < -0.4 is 15.4 Å². The summed E-state index contributed by atoms with van der Waals surface area (Å²) in [7, 11) is 1.96. The Hall–Kier alpha value is -2.87. The van der Waals surface area contributed by atoms with E-state index in [1.807, 2.05) is 30.7 Å². The van der Waals surface area contributed by atoms with Crippen LogP contribution in [0.25, 0.3) is 0 Å². The van der Waals surface area contributed by atoms with E-state index < -0.39 is 0 Å². The van der Waals surface area contributed by atoms with Gasteiger partial charge in [-0.25, -0.2) is 4.99 Å². The second-order valence-electron chi connectivity index (χ2n) is 7.32. The fraction of sp³-hybridized carbons (Fsp3) is 0.435. The summed E-state index contributed by atoms with van der Waals surface area (Å²) in [5, 5.41) is 17.3. The number of hydrogen-bond acceptors (Lipinski definition) is 5. The van der Waals surface area contributed by atoms with Crippen molar-refractivity contribution in [3.8, 4) is 5.75 Å². The first-order valence-electron chi connectivity index (χ1n) is 10.8. The first kappa shape index (κ1) is 22.8. The standard InChI is InChI=1S/C23H32N6OS/c1-4-14-30-20-8-5-7-19(16-20)10-12-24-23(25-13-11-21-9-6-15-31-21)26-17-22-28-27-18(2)29(22)3/h5-9,15-16H,4,10-14,17H2,1-3H3,(H2,24,25,26). The molecule has 0 bridgehead atoms. The summed E-state index contributed by atoms with van der Waals surface area (Å²) in [5.74, 6) is 3.45. The van der Waals surface area contributed by atoms with Gasteiger partial charge in [0.05, 0.1) is 6.61 Å². The summed E-state index contributed by atoms with van der Waals surface area (Å²) >= 11 is 1.78. The molecule has 0 amide bonds. The highest BCUT2D eigenvalue weighted by Crippen LogP contribution is 2.14. The summed E-state index contributed by atoms with van der Waals surface area (Å²) in [4.78, 5) is 6.09. The summed E-state index contributed by atoms with van der Waals surface area (Å²) in [5.41, 5.74) is 1.24. The van der Waals surface area contributed by atoms with Crippen molar-refractivity contribution in [1.82, 2.24) is 25.4 Å². The number of aromatic nitrogens is 3. The minimum absolute atomic E-state index is 0.478. The number of aryl methyl sites for hydroxylation is 1. The SMILES string of the molecule is CCCOc1cccc(CCNC(=NCc2nnc(C)n2C)NCCc2cccs2)c1. The molecule has 0 aliphatic rings. The second-order valence-corrected chi connectivity index (χ2v) is 8.35. The zero-order valence-corrected chi connectivity index (χ0v) is 19.4. The van der Waals surface area contributed by atoms with Gasteiger partial charge in [0, 0.05) is 25.0 Å². The third-order valence-corrected chi connectivity index (χ3v) is 5.82. The summed E-state index contributed by atoms with van der Waals surface area (Å²) in [6.07, 6.45) is 2.87. The molecule has 0 aliphatic heterocycles. The molecule has 8 heteroatoms. The Morgan fingerprint density at radius 2 is 1.97 bits per heavy atom. The first-order valence-corrected chi connectivity index (χ1v) is 11.6. The molecule has 2 aromatic heterocycles. The van der Waals surface area contributed by atoms with Crippen molar-refractivity contribution < 1.29 is 4.74 Å². The number of ether oxygens (including phenoxy) is 1. The summed E-state index contributed by atoms with van der Waals surface area (Å²) < 4.78 is 7.71. The number of thiophene rings is 1. The molecular weight excluding hydrogens is 408 g/mol. The molecule has 3 aromatic rings. The van der Waals surface area contributed by atoms with Gasteiger partial charge in [-0.1, -0.05) is 25.1 Å². The van der Waals surface area contributed by atoms with Crippen LogP contribution >= 0.6 is 11.3 Å². The lowest BCUT2D eigenvalue weighted by Crippen LogP contribution is -2.39. The molecule has 2 heterocycles. The summed E-state index contributed by atoms with van der Waals surface area (Å²) in [6.45, 7) is 6.88. The molecule has 0 unspecified atom stereocenters. The molecule has 7 nitrogen and oxygen atoms in total.